The Kier molecular flexibility index (Phi) is 6.99. The number of nitrogens with two attached hydrogens (primary N) is 1. The number of nitrogens with zero attached hydrogens (tertiary/aromatic N) is 1. The van der Waals surface area contributed by atoms with E-state index >= 15 is 0 Å². The number of aromatic nitrogens is 1. The number of fused-ring (bicyclic) bond motifs is 1. The van der Waals surface area contributed by atoms with Crippen molar-refractivity contribution in [3.8, 4) is 5.75 Å². The third kappa shape index (κ3) is 4.90. The van der Waals surface area contributed by atoms with Crippen LogP contribution in [0.25, 0.3) is 10.9 Å². The average molecular weight is 535 g/mol. The fourth-order valence-corrected chi connectivity index (χ4v) is 5.91. The first-order chi connectivity index (χ1) is 14.7. The minimum absolute atomic E-state index is 0.0994. The van der Waals surface area contributed by atoms with Crippen LogP contribution in [0.4, 0.5) is 0 Å². The first-order valence-corrected chi connectivity index (χ1v) is 11.8. The van der Waals surface area contributed by atoms with Crippen molar-refractivity contribution in [2.45, 2.75) is 33.3 Å². The van der Waals surface area contributed by atoms with Gasteiger partial charge in [-0.25, -0.2) is 0 Å². The number of primary amides is 1. The molecule has 2 aromatic carbocycles. The van der Waals surface area contributed by atoms with Crippen molar-refractivity contribution < 1.29 is 45.7 Å². The molecule has 1 atom stereocenters. The van der Waals surface area contributed by atoms with E-state index in [2.05, 4.69) is 0 Å². The van der Waals surface area contributed by atoms with E-state index in [1.807, 2.05) is 53.0 Å². The summed E-state index contributed by atoms with van der Waals surface area (Å²) in [5, 5.41) is 10.0. The Bertz CT molecular complexity index is 1140. The van der Waals surface area contributed by atoms with E-state index in [0.29, 0.717) is 23.0 Å². The van der Waals surface area contributed by atoms with Crippen molar-refractivity contribution in [3.63, 3.8) is 0 Å². The summed E-state index contributed by atoms with van der Waals surface area (Å²) >= 11 is -0.740. The second-order valence-corrected chi connectivity index (χ2v) is 10.2. The Balaban J connectivity index is 2.20. The van der Waals surface area contributed by atoms with Gasteiger partial charge in [-0.2, -0.15) is 0 Å². The summed E-state index contributed by atoms with van der Waals surface area (Å²) in [6.07, 6.45) is -0.767. The summed E-state index contributed by atoms with van der Waals surface area (Å²) < 4.78 is 9.02. The van der Waals surface area contributed by atoms with Crippen molar-refractivity contribution in [1.29, 1.82) is 0 Å². The van der Waals surface area contributed by atoms with Crippen molar-refractivity contribution in [3.05, 3.63) is 63.4 Å². The van der Waals surface area contributed by atoms with Crippen LogP contribution >= 0.6 is 0 Å². The third-order valence-electron chi connectivity index (χ3n) is 4.72. The predicted octanol–water partition coefficient (Wildman–Crippen LogP) is 0.218. The number of hydrogen-bond donors (Lipinski definition) is 2. The minimum atomic E-state index is -1.08. The maximum absolute atomic E-state index is 12.7. The fraction of sp³-hybridized carbons (Fsp3) is 0.261. The van der Waals surface area contributed by atoms with Gasteiger partial charge < -0.3 is 0 Å². The number of carbonyl (C=O) groups is 3. The van der Waals surface area contributed by atoms with Gasteiger partial charge in [-0.1, -0.05) is 0 Å². The normalized spacial score (nSPS) is 12.3. The molecule has 8 heteroatoms. The van der Waals surface area contributed by atoms with E-state index in [1.54, 1.807) is 19.1 Å². The van der Waals surface area contributed by atoms with Crippen molar-refractivity contribution in [2.24, 2.45) is 11.7 Å². The Labute approximate surface area is 190 Å². The molecule has 0 aliphatic heterocycles. The Morgan fingerprint density at radius 2 is 1.77 bits per heavy atom. The number of rotatable bonds is 9. The number of Topliss-reactive ketones (excluding diaryl/α,β-unsaturated/α-hetero) is 1. The molecule has 0 radical (unpaired) electrons. The number of carboxylic acid groups (broad SMARTS) is 1. The topological polar surface area (TPSA) is 112 Å². The van der Waals surface area contributed by atoms with E-state index in [-0.39, 0.29) is 17.2 Å². The van der Waals surface area contributed by atoms with E-state index in [4.69, 9.17) is 10.5 Å². The van der Waals surface area contributed by atoms with Crippen LogP contribution in [0.5, 0.6) is 5.75 Å². The van der Waals surface area contributed by atoms with Gasteiger partial charge in [-0.3, -0.25) is 0 Å². The van der Waals surface area contributed by atoms with E-state index < -0.39 is 45.2 Å². The summed E-state index contributed by atoms with van der Waals surface area (Å²) in [6, 6.07) is 15.1. The van der Waals surface area contributed by atoms with Gasteiger partial charge in [0, 0.05) is 0 Å². The first kappa shape index (κ1) is 22.8. The van der Waals surface area contributed by atoms with Crippen LogP contribution in [0.3, 0.4) is 0 Å². The second kappa shape index (κ2) is 9.51. The molecule has 0 aliphatic carbocycles. The van der Waals surface area contributed by atoms with Gasteiger partial charge in [0.15, 0.2) is 0 Å². The zero-order valence-corrected chi connectivity index (χ0v) is 19.6. The molecule has 1 aromatic heterocycles. The number of benzene rings is 2. The van der Waals surface area contributed by atoms with Crippen LogP contribution in [-0.2, 0) is 9.59 Å². The van der Waals surface area contributed by atoms with Crippen molar-refractivity contribution in [2.75, 3.05) is 0 Å². The molecule has 1 heterocycles. The number of ketones is 1. The van der Waals surface area contributed by atoms with Crippen molar-refractivity contribution >= 4 is 28.6 Å². The van der Waals surface area contributed by atoms with Crippen LogP contribution in [0, 0.1) is 16.4 Å². The molecule has 31 heavy (non-hydrogen) atoms. The molecule has 0 aliphatic rings. The molecular weight excluding hydrogens is 511 g/mol. The van der Waals surface area contributed by atoms with Gasteiger partial charge in [0.2, 0.25) is 0 Å². The summed E-state index contributed by atoms with van der Waals surface area (Å²) in [6.45, 7) is 5.59. The monoisotopic (exact) mass is 535 g/mol. The number of hydrogen-bond acceptors (Lipinski definition) is 4. The van der Waals surface area contributed by atoms with Gasteiger partial charge in [0.05, 0.1) is 0 Å². The Morgan fingerprint density at radius 3 is 2.35 bits per heavy atom. The number of ether oxygens (including phenoxy) is 1. The van der Waals surface area contributed by atoms with Gasteiger partial charge in [0.1, 0.15) is 0 Å². The molecule has 3 aromatic rings. The molecule has 7 nitrogen and oxygen atoms in total. The van der Waals surface area contributed by atoms with Crippen LogP contribution in [0.15, 0.2) is 48.5 Å². The number of aliphatic carboxylic acids is 1. The number of halogens is 1. The number of carboxylic acids is 1. The number of carbonyl (C=O) groups excluding carboxylic acids is 2. The van der Waals surface area contributed by atoms with Gasteiger partial charge in [0.25, 0.3) is 0 Å². The molecule has 3 rings (SSSR count). The summed E-state index contributed by atoms with van der Waals surface area (Å²) in [5.74, 6) is -2.60. The molecule has 1 unspecified atom stereocenters. The molecule has 164 valence electrons. The molecule has 0 spiro atoms. The van der Waals surface area contributed by atoms with Crippen molar-refractivity contribution in [1.82, 2.24) is 2.78 Å². The number of amides is 1. The quantitative estimate of drug-likeness (QED) is 0.232. The summed E-state index contributed by atoms with van der Waals surface area (Å²) in [5.41, 5.74) is 6.83. The Hall–Kier alpha value is -2.88. The molecule has 0 saturated carbocycles. The molecule has 1 amide bonds. The molecule has 0 saturated heterocycles. The zero-order valence-electron chi connectivity index (χ0n) is 17.5. The fourth-order valence-electron chi connectivity index (χ4n) is 3.35. The van der Waals surface area contributed by atoms with Crippen LogP contribution in [0.1, 0.15) is 36.3 Å². The van der Waals surface area contributed by atoms with Gasteiger partial charge >= 0.3 is 191 Å². The first-order valence-electron chi connectivity index (χ1n) is 9.78. The average Bonchev–Trinajstić information content (AvgIpc) is 2.99. The summed E-state index contributed by atoms with van der Waals surface area (Å²) in [4.78, 5) is 36.3. The van der Waals surface area contributed by atoms with E-state index in [9.17, 15) is 19.5 Å². The molecular formula is C23H24IN2O5-. The standard InChI is InChI=1S/C23H24IN2O5/c1-13(2)12-18(23(29)30)31-17-11-7-10-16-20(17)19(21(27)22(25)28)14(3)26(16)24-15-8-5-4-6-9-15/h4-11,13,18H,12H2,1-3H3,(H2,25,28)(H,29,30)/q-1. The van der Waals surface area contributed by atoms with E-state index in [0.717, 1.165) is 3.57 Å². The zero-order chi connectivity index (χ0) is 22.7. The van der Waals surface area contributed by atoms with Crippen LogP contribution < -0.4 is 31.9 Å². The predicted molar refractivity (Wildman–Crippen MR) is 112 cm³/mol. The summed E-state index contributed by atoms with van der Waals surface area (Å²) in [7, 11) is 0. The molecule has 0 bridgehead atoms. The SMILES string of the molecule is Cc1c(C(=O)C(N)=O)c2c(OC(CC(C)C)C(=O)O)cccc2n1[I-]c1ccccc1. The molecule has 3 N–H and O–H groups in total. The molecule has 0 fully saturated rings. The van der Waals surface area contributed by atoms with Gasteiger partial charge in [-0.15, -0.1) is 0 Å². The second-order valence-electron chi connectivity index (χ2n) is 7.54. The van der Waals surface area contributed by atoms with Crippen LogP contribution in [0.2, 0.25) is 0 Å². The van der Waals surface area contributed by atoms with Gasteiger partial charge in [-0.05, 0) is 0 Å². The Morgan fingerprint density at radius 1 is 1.10 bits per heavy atom. The maximum atomic E-state index is 12.7. The van der Waals surface area contributed by atoms with Crippen LogP contribution in [-0.4, -0.2) is 31.7 Å². The third-order valence-corrected chi connectivity index (χ3v) is 7.72. The van der Waals surface area contributed by atoms with E-state index in [1.165, 1.54) is 0 Å².